The molecule has 1 N–H and O–H groups in total. The Labute approximate surface area is 138 Å². The van der Waals surface area contributed by atoms with E-state index in [1.165, 1.54) is 0 Å². The van der Waals surface area contributed by atoms with Crippen LogP contribution in [0.1, 0.15) is 0 Å². The second-order valence-corrected chi connectivity index (χ2v) is 5.31. The quantitative estimate of drug-likeness (QED) is 0.625. The van der Waals surface area contributed by atoms with Crippen molar-refractivity contribution in [2.45, 2.75) is 0 Å². The van der Waals surface area contributed by atoms with Crippen LogP contribution in [0.15, 0.2) is 55.2 Å². The number of aromatic amines is 1. The summed E-state index contributed by atoms with van der Waals surface area (Å²) in [5.74, 6) is 1.35. The summed E-state index contributed by atoms with van der Waals surface area (Å²) in [5.41, 5.74) is 3.56. The fraction of sp³-hybridized carbons (Fsp3) is 0.111. The van der Waals surface area contributed by atoms with Crippen molar-refractivity contribution in [2.24, 2.45) is 0 Å². The molecular weight excluding hydrogens is 304 g/mol. The third kappa shape index (κ3) is 2.28. The normalized spacial score (nSPS) is 10.9. The van der Waals surface area contributed by atoms with Crippen LogP contribution in [0.2, 0.25) is 0 Å². The molecule has 0 saturated heterocycles. The van der Waals surface area contributed by atoms with Gasteiger partial charge in [0.2, 0.25) is 0 Å². The molecule has 120 valence electrons. The summed E-state index contributed by atoms with van der Waals surface area (Å²) in [5, 5.41) is 1.04. The lowest BCUT2D eigenvalue weighted by Gasteiger charge is -2.13. The predicted octanol–water partition coefficient (Wildman–Crippen LogP) is 3.43. The van der Waals surface area contributed by atoms with E-state index in [-0.39, 0.29) is 0 Å². The fourth-order valence-corrected chi connectivity index (χ4v) is 2.77. The van der Waals surface area contributed by atoms with Gasteiger partial charge in [0.25, 0.3) is 0 Å². The van der Waals surface area contributed by atoms with Crippen LogP contribution in [0.3, 0.4) is 0 Å². The Bertz CT molecular complexity index is 990. The lowest BCUT2D eigenvalue weighted by atomic mass is 10.1. The number of imidazole rings is 1. The van der Waals surface area contributed by atoms with Crippen LogP contribution >= 0.6 is 0 Å². The average molecular weight is 320 g/mol. The van der Waals surface area contributed by atoms with Crippen molar-refractivity contribution in [2.75, 3.05) is 14.2 Å². The van der Waals surface area contributed by atoms with E-state index in [1.54, 1.807) is 26.7 Å². The molecule has 0 aliphatic rings. The lowest BCUT2D eigenvalue weighted by Crippen LogP contribution is -1.98. The number of aromatic nitrogens is 4. The van der Waals surface area contributed by atoms with E-state index >= 15 is 0 Å². The molecule has 3 heterocycles. The molecule has 4 rings (SSSR count). The Morgan fingerprint density at radius 3 is 2.67 bits per heavy atom. The molecule has 0 radical (unpaired) electrons. The van der Waals surface area contributed by atoms with Gasteiger partial charge in [-0.1, -0.05) is 0 Å². The lowest BCUT2D eigenvalue weighted by molar-refractivity contribution is 0.355. The van der Waals surface area contributed by atoms with Gasteiger partial charge in [0.15, 0.2) is 11.5 Å². The van der Waals surface area contributed by atoms with Gasteiger partial charge in [-0.3, -0.25) is 0 Å². The van der Waals surface area contributed by atoms with E-state index < -0.39 is 0 Å². The van der Waals surface area contributed by atoms with E-state index in [9.17, 15) is 0 Å². The predicted molar refractivity (Wildman–Crippen MR) is 91.8 cm³/mol. The molecule has 0 aliphatic carbocycles. The monoisotopic (exact) mass is 320 g/mol. The molecule has 0 aliphatic heterocycles. The molecule has 3 aromatic heterocycles. The summed E-state index contributed by atoms with van der Waals surface area (Å²) >= 11 is 0. The fourth-order valence-electron chi connectivity index (χ4n) is 2.77. The largest absolute Gasteiger partial charge is 0.493 e. The Kier molecular flexibility index (Phi) is 3.42. The SMILES string of the molecule is COc1ccc(-c2nc3[nH]ccc3cc2-n2ccnc2)cc1OC. The van der Waals surface area contributed by atoms with E-state index in [0.29, 0.717) is 11.5 Å². The van der Waals surface area contributed by atoms with Crippen LogP contribution in [0, 0.1) is 0 Å². The molecule has 6 nitrogen and oxygen atoms in total. The van der Waals surface area contributed by atoms with Crippen molar-refractivity contribution in [3.63, 3.8) is 0 Å². The first kappa shape index (κ1) is 14.3. The number of rotatable bonds is 4. The minimum atomic E-state index is 0.667. The second-order valence-electron chi connectivity index (χ2n) is 5.31. The van der Waals surface area contributed by atoms with Gasteiger partial charge < -0.3 is 19.0 Å². The van der Waals surface area contributed by atoms with Crippen LogP contribution in [0.4, 0.5) is 0 Å². The summed E-state index contributed by atoms with van der Waals surface area (Å²) in [6.07, 6.45) is 7.30. The second kappa shape index (κ2) is 5.73. The van der Waals surface area contributed by atoms with E-state index in [0.717, 1.165) is 28.0 Å². The number of nitrogens with one attached hydrogen (secondary N) is 1. The van der Waals surface area contributed by atoms with Crippen LogP contribution in [-0.2, 0) is 0 Å². The van der Waals surface area contributed by atoms with Gasteiger partial charge in [-0.05, 0) is 30.3 Å². The number of H-pyrrole nitrogens is 1. The van der Waals surface area contributed by atoms with E-state index in [1.807, 2.05) is 41.2 Å². The smallest absolute Gasteiger partial charge is 0.161 e. The van der Waals surface area contributed by atoms with Crippen LogP contribution in [0.5, 0.6) is 11.5 Å². The molecule has 0 unspecified atom stereocenters. The Morgan fingerprint density at radius 1 is 1.04 bits per heavy atom. The van der Waals surface area contributed by atoms with E-state index in [4.69, 9.17) is 14.5 Å². The molecule has 0 fully saturated rings. The van der Waals surface area contributed by atoms with Gasteiger partial charge in [0.1, 0.15) is 5.65 Å². The molecule has 0 atom stereocenters. The van der Waals surface area contributed by atoms with Crippen molar-refractivity contribution in [3.8, 4) is 28.4 Å². The topological polar surface area (TPSA) is 65.0 Å². The molecule has 24 heavy (non-hydrogen) atoms. The van der Waals surface area contributed by atoms with Crippen molar-refractivity contribution >= 4 is 11.0 Å². The highest BCUT2D eigenvalue weighted by Crippen LogP contribution is 2.34. The number of fused-ring (bicyclic) bond motifs is 1. The number of nitrogens with zero attached hydrogens (tertiary/aromatic N) is 3. The van der Waals surface area contributed by atoms with Crippen LogP contribution in [0.25, 0.3) is 28.0 Å². The Hall–Kier alpha value is -3.28. The number of ether oxygens (including phenoxy) is 2. The summed E-state index contributed by atoms with van der Waals surface area (Å²) in [7, 11) is 3.25. The van der Waals surface area contributed by atoms with Crippen molar-refractivity contribution in [1.29, 1.82) is 0 Å². The van der Waals surface area contributed by atoms with Crippen molar-refractivity contribution in [1.82, 2.24) is 19.5 Å². The summed E-state index contributed by atoms with van der Waals surface area (Å²) in [6, 6.07) is 9.87. The molecular formula is C18H16N4O2. The zero-order valence-corrected chi connectivity index (χ0v) is 13.4. The summed E-state index contributed by atoms with van der Waals surface area (Å²) in [4.78, 5) is 12.1. The minimum Gasteiger partial charge on any atom is -0.493 e. The zero-order valence-electron chi connectivity index (χ0n) is 13.4. The number of benzene rings is 1. The highest BCUT2D eigenvalue weighted by molar-refractivity contribution is 5.84. The zero-order chi connectivity index (χ0) is 16.5. The third-order valence-electron chi connectivity index (χ3n) is 3.95. The molecule has 0 bridgehead atoms. The van der Waals surface area contributed by atoms with E-state index in [2.05, 4.69) is 16.0 Å². The van der Waals surface area contributed by atoms with Crippen molar-refractivity contribution < 1.29 is 9.47 Å². The highest BCUT2D eigenvalue weighted by Gasteiger charge is 2.14. The third-order valence-corrected chi connectivity index (χ3v) is 3.95. The average Bonchev–Trinajstić information content (AvgIpc) is 3.30. The molecule has 0 amide bonds. The summed E-state index contributed by atoms with van der Waals surface area (Å²) in [6.45, 7) is 0. The minimum absolute atomic E-state index is 0.667. The maximum absolute atomic E-state index is 5.42. The molecule has 6 heteroatoms. The van der Waals surface area contributed by atoms with Gasteiger partial charge in [-0.15, -0.1) is 0 Å². The molecule has 4 aromatic rings. The van der Waals surface area contributed by atoms with Crippen LogP contribution in [-0.4, -0.2) is 33.7 Å². The molecule has 1 aromatic carbocycles. The maximum Gasteiger partial charge on any atom is 0.161 e. The Morgan fingerprint density at radius 2 is 1.92 bits per heavy atom. The van der Waals surface area contributed by atoms with Gasteiger partial charge >= 0.3 is 0 Å². The number of methoxy groups -OCH3 is 2. The number of hydrogen-bond donors (Lipinski definition) is 1. The first-order valence-electron chi connectivity index (χ1n) is 7.49. The van der Waals surface area contributed by atoms with Gasteiger partial charge in [-0.25, -0.2) is 9.97 Å². The first-order chi connectivity index (χ1) is 11.8. The van der Waals surface area contributed by atoms with Gasteiger partial charge in [-0.2, -0.15) is 0 Å². The molecule has 0 spiro atoms. The number of hydrogen-bond acceptors (Lipinski definition) is 4. The summed E-state index contributed by atoms with van der Waals surface area (Å²) < 4.78 is 12.7. The highest BCUT2D eigenvalue weighted by atomic mass is 16.5. The first-order valence-corrected chi connectivity index (χ1v) is 7.49. The van der Waals surface area contributed by atoms with Crippen molar-refractivity contribution in [3.05, 3.63) is 55.2 Å². The standard InChI is InChI=1S/C18H16N4O2/c1-23-15-4-3-12(10-16(15)24-2)17-14(22-8-7-19-11-22)9-13-5-6-20-18(13)21-17/h3-11H,1-2H3,(H,20,21). The van der Waals surface area contributed by atoms with Crippen LogP contribution < -0.4 is 9.47 Å². The number of pyridine rings is 1. The molecule has 0 saturated carbocycles. The Balaban J connectivity index is 1.96. The van der Waals surface area contributed by atoms with Gasteiger partial charge in [0, 0.05) is 29.5 Å². The maximum atomic E-state index is 5.42. The van der Waals surface area contributed by atoms with Gasteiger partial charge in [0.05, 0.1) is 31.9 Å².